The molecule has 24 heavy (non-hydrogen) atoms. The van der Waals surface area contributed by atoms with Gasteiger partial charge in [0.15, 0.2) is 0 Å². The van der Waals surface area contributed by atoms with E-state index in [0.717, 1.165) is 11.1 Å². The van der Waals surface area contributed by atoms with Gasteiger partial charge in [-0.3, -0.25) is 4.79 Å². The first-order valence-electron chi connectivity index (χ1n) is 7.06. The smallest absolute Gasteiger partial charge is 0.454 e. The van der Waals surface area contributed by atoms with E-state index >= 15 is 0 Å². The zero-order valence-corrected chi connectivity index (χ0v) is 12.8. The van der Waals surface area contributed by atoms with Crippen molar-refractivity contribution in [1.29, 1.82) is 0 Å². The Hall–Kier alpha value is -2.76. The molecule has 0 atom stereocenters. The summed E-state index contributed by atoms with van der Waals surface area (Å²) in [5, 5.41) is 9.58. The van der Waals surface area contributed by atoms with Gasteiger partial charge >= 0.3 is 6.18 Å². The number of alkyl halides is 3. The summed E-state index contributed by atoms with van der Waals surface area (Å²) < 4.78 is 42.0. The van der Waals surface area contributed by atoms with Crippen LogP contribution in [0.3, 0.4) is 0 Å². The third-order valence-electron chi connectivity index (χ3n) is 3.19. The van der Waals surface area contributed by atoms with E-state index in [1.54, 1.807) is 0 Å². The van der Waals surface area contributed by atoms with Crippen LogP contribution in [-0.2, 0) is 11.4 Å². The molecule has 0 aliphatic heterocycles. The van der Waals surface area contributed by atoms with Crippen LogP contribution in [0.2, 0.25) is 0 Å². The van der Waals surface area contributed by atoms with Crippen LogP contribution >= 0.6 is 0 Å². The summed E-state index contributed by atoms with van der Waals surface area (Å²) in [6.07, 6.45) is -4.85. The predicted octanol–water partition coefficient (Wildman–Crippen LogP) is 4.60. The van der Waals surface area contributed by atoms with Crippen LogP contribution in [0.15, 0.2) is 54.6 Å². The van der Waals surface area contributed by atoms with Crippen molar-refractivity contribution < 1.29 is 27.8 Å². The molecule has 0 saturated carbocycles. The summed E-state index contributed by atoms with van der Waals surface area (Å²) in [6, 6.07) is 13.5. The first-order valence-corrected chi connectivity index (χ1v) is 7.06. The molecule has 0 heterocycles. The molecule has 0 aliphatic carbocycles. The molecular formula is C18H15F3O3. The lowest BCUT2D eigenvalue weighted by atomic mass is 10.1. The number of carbonyl (C=O) groups is 1. The minimum Gasteiger partial charge on any atom is -0.507 e. The molecule has 0 fully saturated rings. The largest absolute Gasteiger partial charge is 0.507 e. The Bertz CT molecular complexity index is 747. The van der Waals surface area contributed by atoms with Gasteiger partial charge in [0.2, 0.25) is 0 Å². The van der Waals surface area contributed by atoms with Crippen molar-refractivity contribution in [1.82, 2.24) is 0 Å². The molecule has 2 aromatic carbocycles. The Morgan fingerprint density at radius 1 is 1.17 bits per heavy atom. The summed E-state index contributed by atoms with van der Waals surface area (Å²) in [6.45, 7) is 2.31. The molecule has 3 nitrogen and oxygen atoms in total. The number of hydrogen-bond acceptors (Lipinski definition) is 3. The van der Waals surface area contributed by atoms with E-state index in [1.807, 2.05) is 31.2 Å². The zero-order valence-electron chi connectivity index (χ0n) is 12.8. The Kier molecular flexibility index (Phi) is 5.28. The van der Waals surface area contributed by atoms with Gasteiger partial charge in [-0.1, -0.05) is 29.8 Å². The third-order valence-corrected chi connectivity index (χ3v) is 3.19. The fourth-order valence-electron chi connectivity index (χ4n) is 1.98. The lowest BCUT2D eigenvalue weighted by molar-refractivity contribution is -0.165. The molecular weight excluding hydrogens is 321 g/mol. The molecule has 0 aliphatic rings. The van der Waals surface area contributed by atoms with Gasteiger partial charge in [0.1, 0.15) is 18.1 Å². The van der Waals surface area contributed by atoms with Crippen molar-refractivity contribution in [3.8, 4) is 5.75 Å². The second kappa shape index (κ2) is 7.21. The van der Waals surface area contributed by atoms with Gasteiger partial charge in [-0.25, -0.2) is 0 Å². The number of aliphatic hydroxyl groups excluding tert-OH is 1. The Morgan fingerprint density at radius 2 is 1.83 bits per heavy atom. The number of halogens is 3. The number of ketones is 1. The average molecular weight is 336 g/mol. The van der Waals surface area contributed by atoms with Crippen LogP contribution < -0.4 is 4.74 Å². The maximum atomic E-state index is 12.2. The molecule has 1 N–H and O–H groups in total. The zero-order chi connectivity index (χ0) is 17.7. The number of rotatable bonds is 5. The summed E-state index contributed by atoms with van der Waals surface area (Å²) in [5.41, 5.74) is 2.18. The van der Waals surface area contributed by atoms with E-state index in [9.17, 15) is 23.1 Å². The molecule has 2 aromatic rings. The van der Waals surface area contributed by atoms with E-state index in [4.69, 9.17) is 4.74 Å². The van der Waals surface area contributed by atoms with Crippen LogP contribution in [0.25, 0.3) is 5.76 Å². The van der Waals surface area contributed by atoms with Crippen LogP contribution in [0.5, 0.6) is 5.75 Å². The van der Waals surface area contributed by atoms with Crippen molar-refractivity contribution in [3.05, 3.63) is 71.3 Å². The highest BCUT2D eigenvalue weighted by molar-refractivity contribution is 5.99. The SMILES string of the molecule is Cc1cccc(COc2ccc(C(O)=CC(=O)C(F)(F)F)cc2)c1. The minimum absolute atomic E-state index is 0.0931. The predicted molar refractivity (Wildman–Crippen MR) is 83.6 cm³/mol. The van der Waals surface area contributed by atoms with E-state index < -0.39 is 17.7 Å². The Labute approximate surface area is 137 Å². The topological polar surface area (TPSA) is 46.5 Å². The second-order valence-corrected chi connectivity index (χ2v) is 5.19. The number of benzene rings is 2. The van der Waals surface area contributed by atoms with Crippen molar-refractivity contribution in [2.45, 2.75) is 19.7 Å². The molecule has 0 saturated heterocycles. The first kappa shape index (κ1) is 17.6. The van der Waals surface area contributed by atoms with E-state index in [-0.39, 0.29) is 11.6 Å². The number of aliphatic hydroxyl groups is 1. The lowest BCUT2D eigenvalue weighted by Gasteiger charge is -2.08. The average Bonchev–Trinajstić information content (AvgIpc) is 2.52. The quantitative estimate of drug-likeness (QED) is 0.641. The highest BCUT2D eigenvalue weighted by Crippen LogP contribution is 2.22. The van der Waals surface area contributed by atoms with Crippen molar-refractivity contribution in [3.63, 3.8) is 0 Å². The van der Waals surface area contributed by atoms with Gasteiger partial charge < -0.3 is 9.84 Å². The first-order chi connectivity index (χ1) is 11.3. The van der Waals surface area contributed by atoms with E-state index in [1.165, 1.54) is 24.3 Å². The normalized spacial score (nSPS) is 12.1. The van der Waals surface area contributed by atoms with Gasteiger partial charge in [-0.05, 0) is 36.8 Å². The van der Waals surface area contributed by atoms with Crippen LogP contribution in [0.4, 0.5) is 13.2 Å². The van der Waals surface area contributed by atoms with E-state index in [2.05, 4.69) is 0 Å². The molecule has 0 unspecified atom stereocenters. The van der Waals surface area contributed by atoms with Crippen molar-refractivity contribution in [2.24, 2.45) is 0 Å². The van der Waals surface area contributed by atoms with E-state index in [0.29, 0.717) is 12.4 Å². The third kappa shape index (κ3) is 4.87. The fourth-order valence-corrected chi connectivity index (χ4v) is 1.98. The molecule has 0 bridgehead atoms. The molecule has 0 spiro atoms. The van der Waals surface area contributed by atoms with Crippen LogP contribution in [-0.4, -0.2) is 17.1 Å². The van der Waals surface area contributed by atoms with Gasteiger partial charge in [0, 0.05) is 11.6 Å². The minimum atomic E-state index is -5.01. The van der Waals surface area contributed by atoms with Gasteiger partial charge in [-0.2, -0.15) is 13.2 Å². The highest BCUT2D eigenvalue weighted by atomic mass is 19.4. The summed E-state index contributed by atoms with van der Waals surface area (Å²) in [4.78, 5) is 10.8. The monoisotopic (exact) mass is 336 g/mol. The number of ether oxygens (including phenoxy) is 1. The van der Waals surface area contributed by atoms with Gasteiger partial charge in [-0.15, -0.1) is 0 Å². The number of hydrogen-bond donors (Lipinski definition) is 1. The lowest BCUT2D eigenvalue weighted by Crippen LogP contribution is -2.20. The number of carbonyl (C=O) groups excluding carboxylic acids is 1. The summed E-state index contributed by atoms with van der Waals surface area (Å²) in [7, 11) is 0. The molecule has 0 amide bonds. The molecule has 6 heteroatoms. The number of allylic oxidation sites excluding steroid dienone is 1. The van der Waals surface area contributed by atoms with Crippen LogP contribution in [0.1, 0.15) is 16.7 Å². The van der Waals surface area contributed by atoms with Crippen LogP contribution in [0, 0.1) is 6.92 Å². The maximum Gasteiger partial charge on any atom is 0.454 e. The number of aryl methyl sites for hydroxylation is 1. The fraction of sp³-hybridized carbons (Fsp3) is 0.167. The summed E-state index contributed by atoms with van der Waals surface area (Å²) >= 11 is 0. The summed E-state index contributed by atoms with van der Waals surface area (Å²) in [5.74, 6) is -2.36. The Morgan fingerprint density at radius 3 is 2.42 bits per heavy atom. The van der Waals surface area contributed by atoms with Crippen molar-refractivity contribution >= 4 is 11.5 Å². The second-order valence-electron chi connectivity index (χ2n) is 5.19. The van der Waals surface area contributed by atoms with Crippen molar-refractivity contribution in [2.75, 3.05) is 0 Å². The molecule has 0 radical (unpaired) electrons. The van der Waals surface area contributed by atoms with Gasteiger partial charge in [0.25, 0.3) is 5.78 Å². The molecule has 126 valence electrons. The molecule has 0 aromatic heterocycles. The highest BCUT2D eigenvalue weighted by Gasteiger charge is 2.36. The molecule has 2 rings (SSSR count). The standard InChI is InChI=1S/C18H15F3O3/c1-12-3-2-4-13(9-12)11-24-15-7-5-14(6-8-15)16(22)10-17(23)18(19,20)21/h2-10,22H,11H2,1H3. The maximum absolute atomic E-state index is 12.2. The Balaban J connectivity index is 2.02. The van der Waals surface area contributed by atoms with Gasteiger partial charge in [0.05, 0.1) is 0 Å².